The Kier molecular flexibility index (Phi) is 5.26. The van der Waals surface area contributed by atoms with Gasteiger partial charge in [-0.3, -0.25) is 4.79 Å². The summed E-state index contributed by atoms with van der Waals surface area (Å²) in [6.07, 6.45) is -0.228. The summed E-state index contributed by atoms with van der Waals surface area (Å²) in [4.78, 5) is 30.0. The van der Waals surface area contributed by atoms with Crippen molar-refractivity contribution in [3.63, 3.8) is 0 Å². The number of hydrogen-bond acceptors (Lipinski definition) is 7. The third-order valence-electron chi connectivity index (χ3n) is 6.36. The van der Waals surface area contributed by atoms with Gasteiger partial charge in [-0.2, -0.15) is 5.10 Å². The van der Waals surface area contributed by atoms with Crippen LogP contribution in [0.5, 0.6) is 0 Å². The van der Waals surface area contributed by atoms with Crippen molar-refractivity contribution in [3.8, 4) is 0 Å². The molecule has 0 fully saturated rings. The van der Waals surface area contributed by atoms with Crippen molar-refractivity contribution in [2.45, 2.75) is 32.1 Å². The summed E-state index contributed by atoms with van der Waals surface area (Å²) < 4.78 is 12.5. The second-order valence-electron chi connectivity index (χ2n) is 8.83. The van der Waals surface area contributed by atoms with Crippen molar-refractivity contribution in [1.29, 1.82) is 0 Å². The van der Waals surface area contributed by atoms with Gasteiger partial charge in [-0.25, -0.2) is 14.3 Å². The highest BCUT2D eigenvalue weighted by Gasteiger charge is 2.32. The Hall–Kier alpha value is -4.50. The number of ether oxygens (including phenoxy) is 1. The molecule has 0 aliphatic heterocycles. The summed E-state index contributed by atoms with van der Waals surface area (Å²) in [5, 5.41) is 18.6. The molecule has 0 radical (unpaired) electrons. The lowest BCUT2D eigenvalue weighted by Crippen LogP contribution is -2.34. The Morgan fingerprint density at radius 1 is 1.11 bits per heavy atom. The van der Waals surface area contributed by atoms with Gasteiger partial charge in [-0.15, -0.1) is 0 Å². The Labute approximate surface area is 205 Å². The third-order valence-corrected chi connectivity index (χ3v) is 6.36. The number of aliphatic hydroxyl groups is 1. The predicted octanol–water partition coefficient (Wildman–Crippen LogP) is 3.53. The molecule has 0 unspecified atom stereocenters. The van der Waals surface area contributed by atoms with Crippen LogP contribution < -0.4 is 5.32 Å². The molecule has 1 aliphatic rings. The number of aliphatic hydroxyl groups excluding tert-OH is 1. The predicted molar refractivity (Wildman–Crippen MR) is 129 cm³/mol. The number of rotatable bonds is 5. The number of furan rings is 1. The summed E-state index contributed by atoms with van der Waals surface area (Å²) in [5.41, 5.74) is 3.82. The number of aromatic nitrogens is 3. The van der Waals surface area contributed by atoms with Crippen molar-refractivity contribution < 1.29 is 23.8 Å². The number of benzene rings is 2. The van der Waals surface area contributed by atoms with Gasteiger partial charge in [0.05, 0.1) is 12.1 Å². The Morgan fingerprint density at radius 2 is 1.92 bits per heavy atom. The SMILES string of the molecule is Cc1cc(C(=O)N[C@@H]2c3ccccc3C[C@@H]2O)nc2cc(C(=O)OCc3cc4ccccc4o3)nn12. The molecule has 2 N–H and O–H groups in total. The summed E-state index contributed by atoms with van der Waals surface area (Å²) >= 11 is 0. The molecule has 2 aromatic carbocycles. The first-order chi connectivity index (χ1) is 17.5. The van der Waals surface area contributed by atoms with Crippen LogP contribution in [0.2, 0.25) is 0 Å². The van der Waals surface area contributed by atoms with Crippen molar-refractivity contribution in [1.82, 2.24) is 19.9 Å². The minimum atomic E-state index is -0.709. The molecule has 6 rings (SSSR count). The largest absolute Gasteiger partial charge is 0.457 e. The maximum absolute atomic E-state index is 13.0. The van der Waals surface area contributed by atoms with Crippen LogP contribution in [0, 0.1) is 6.92 Å². The maximum atomic E-state index is 13.0. The summed E-state index contributed by atoms with van der Waals surface area (Å²) in [5.74, 6) is -0.522. The highest BCUT2D eigenvalue weighted by Crippen LogP contribution is 2.31. The quantitative estimate of drug-likeness (QED) is 0.368. The number of para-hydroxylation sites is 1. The molecule has 3 aromatic heterocycles. The van der Waals surface area contributed by atoms with E-state index in [0.29, 0.717) is 23.5 Å². The Balaban J connectivity index is 1.19. The molecular weight excluding hydrogens is 460 g/mol. The second kappa shape index (κ2) is 8.62. The van der Waals surface area contributed by atoms with Gasteiger partial charge in [0.25, 0.3) is 5.91 Å². The second-order valence-corrected chi connectivity index (χ2v) is 8.83. The number of aryl methyl sites for hydroxylation is 1. The smallest absolute Gasteiger partial charge is 0.359 e. The van der Waals surface area contributed by atoms with Gasteiger partial charge in [-0.1, -0.05) is 42.5 Å². The lowest BCUT2D eigenvalue weighted by atomic mass is 10.1. The number of carbonyl (C=O) groups is 2. The molecule has 0 bridgehead atoms. The van der Waals surface area contributed by atoms with Crippen LogP contribution in [0.1, 0.15) is 49.6 Å². The first kappa shape index (κ1) is 22.0. The fraction of sp³-hybridized carbons (Fsp3) is 0.185. The number of fused-ring (bicyclic) bond motifs is 3. The molecule has 0 saturated carbocycles. The Morgan fingerprint density at radius 3 is 2.78 bits per heavy atom. The number of nitrogens with one attached hydrogen (secondary N) is 1. The summed E-state index contributed by atoms with van der Waals surface area (Å²) in [6, 6.07) is 19.6. The molecule has 9 nitrogen and oxygen atoms in total. The molecule has 1 aliphatic carbocycles. The lowest BCUT2D eigenvalue weighted by molar-refractivity contribution is 0.0440. The highest BCUT2D eigenvalue weighted by molar-refractivity contribution is 5.94. The van der Waals surface area contributed by atoms with E-state index in [1.54, 1.807) is 13.0 Å². The van der Waals surface area contributed by atoms with Gasteiger partial charge < -0.3 is 19.6 Å². The minimum Gasteiger partial charge on any atom is -0.457 e. The van der Waals surface area contributed by atoms with Gasteiger partial charge in [0, 0.05) is 23.6 Å². The molecule has 180 valence electrons. The summed E-state index contributed by atoms with van der Waals surface area (Å²) in [6.45, 7) is 1.73. The standard InChI is InChI=1S/C27H22N4O5/c1-15-10-20(26(33)29-25-19-8-4-2-6-16(19)12-22(25)32)28-24-13-21(30-31(15)24)27(34)35-14-18-11-17-7-3-5-9-23(17)36-18/h2-11,13,22,25,32H,12,14H2,1H3,(H,29,33)/t22-,25+/m0/s1. The first-order valence-corrected chi connectivity index (χ1v) is 11.5. The molecule has 9 heteroatoms. The van der Waals surface area contributed by atoms with Gasteiger partial charge in [-0.05, 0) is 36.2 Å². The fourth-order valence-corrected chi connectivity index (χ4v) is 4.62. The van der Waals surface area contributed by atoms with E-state index in [1.165, 1.54) is 10.6 Å². The zero-order valence-electron chi connectivity index (χ0n) is 19.3. The van der Waals surface area contributed by atoms with Gasteiger partial charge in [0.15, 0.2) is 11.3 Å². The lowest BCUT2D eigenvalue weighted by Gasteiger charge is -2.18. The van der Waals surface area contributed by atoms with Crippen molar-refractivity contribution in [2.75, 3.05) is 0 Å². The van der Waals surface area contributed by atoms with E-state index in [1.807, 2.05) is 54.6 Å². The number of carbonyl (C=O) groups excluding carboxylic acids is 2. The number of hydrogen-bond donors (Lipinski definition) is 2. The first-order valence-electron chi connectivity index (χ1n) is 11.5. The highest BCUT2D eigenvalue weighted by atomic mass is 16.5. The van der Waals surface area contributed by atoms with Gasteiger partial charge in [0.2, 0.25) is 0 Å². The van der Waals surface area contributed by atoms with Crippen LogP contribution >= 0.6 is 0 Å². The number of amides is 1. The third kappa shape index (κ3) is 3.89. The van der Waals surface area contributed by atoms with E-state index in [2.05, 4.69) is 15.4 Å². The monoisotopic (exact) mass is 482 g/mol. The molecule has 2 atom stereocenters. The molecular formula is C27H22N4O5. The molecule has 3 heterocycles. The average Bonchev–Trinajstić information content (AvgIpc) is 3.58. The van der Waals surface area contributed by atoms with Gasteiger partial charge in [0.1, 0.15) is 23.6 Å². The normalized spacial score (nSPS) is 16.8. The molecule has 1 amide bonds. The van der Waals surface area contributed by atoms with E-state index in [9.17, 15) is 14.7 Å². The van der Waals surface area contributed by atoms with E-state index >= 15 is 0 Å². The van der Waals surface area contributed by atoms with E-state index in [-0.39, 0.29) is 18.0 Å². The molecule has 0 saturated heterocycles. The molecule has 0 spiro atoms. The molecule has 36 heavy (non-hydrogen) atoms. The number of nitrogens with zero attached hydrogens (tertiary/aromatic N) is 3. The van der Waals surface area contributed by atoms with E-state index in [0.717, 1.165) is 22.1 Å². The molecule has 5 aromatic rings. The van der Waals surface area contributed by atoms with Crippen molar-refractivity contribution in [2.24, 2.45) is 0 Å². The Bertz CT molecular complexity index is 1600. The van der Waals surface area contributed by atoms with Crippen LogP contribution in [0.3, 0.4) is 0 Å². The van der Waals surface area contributed by atoms with Crippen LogP contribution in [-0.4, -0.2) is 37.7 Å². The fourth-order valence-electron chi connectivity index (χ4n) is 4.62. The van der Waals surface area contributed by atoms with Crippen LogP contribution in [0.15, 0.2) is 71.1 Å². The van der Waals surface area contributed by atoms with Crippen molar-refractivity contribution in [3.05, 3.63) is 101 Å². The average molecular weight is 482 g/mol. The van der Waals surface area contributed by atoms with Crippen LogP contribution in [0.4, 0.5) is 0 Å². The van der Waals surface area contributed by atoms with E-state index < -0.39 is 24.0 Å². The summed E-state index contributed by atoms with van der Waals surface area (Å²) in [7, 11) is 0. The van der Waals surface area contributed by atoms with Crippen LogP contribution in [0.25, 0.3) is 16.6 Å². The van der Waals surface area contributed by atoms with Gasteiger partial charge >= 0.3 is 5.97 Å². The zero-order chi connectivity index (χ0) is 24.8. The van der Waals surface area contributed by atoms with Crippen molar-refractivity contribution >= 4 is 28.5 Å². The maximum Gasteiger partial charge on any atom is 0.359 e. The number of esters is 1. The van der Waals surface area contributed by atoms with Crippen LogP contribution in [-0.2, 0) is 17.8 Å². The zero-order valence-corrected chi connectivity index (χ0v) is 19.3. The minimum absolute atomic E-state index is 0.0351. The topological polar surface area (TPSA) is 119 Å². The van der Waals surface area contributed by atoms with E-state index in [4.69, 9.17) is 9.15 Å².